The summed E-state index contributed by atoms with van der Waals surface area (Å²) in [5, 5.41) is 18.9. The molecule has 3 N–H and O–H groups in total. The molecule has 0 heterocycles. The molecule has 3 nitrogen and oxygen atoms in total. The van der Waals surface area contributed by atoms with E-state index in [1.165, 1.54) is 17.7 Å². The number of rotatable bonds is 6. The standard InChI is InChI=1S/C13H25NO2/c1-11(15)8-14(9-12(2)16)10-13-6-4-3-5-7-13/h3-4,11-13,15-16H,5-10H2,1-2H3/p+1/t11-,12-,13-/m0/s1. The molecule has 0 aromatic carbocycles. The van der Waals surface area contributed by atoms with Crippen LogP contribution in [0.5, 0.6) is 0 Å². The fourth-order valence-electron chi connectivity index (χ4n) is 2.54. The van der Waals surface area contributed by atoms with Gasteiger partial charge in [-0.1, -0.05) is 12.2 Å². The van der Waals surface area contributed by atoms with E-state index in [9.17, 15) is 10.2 Å². The molecule has 3 heteroatoms. The molecular weight excluding hydrogens is 202 g/mol. The average Bonchev–Trinajstić information content (AvgIpc) is 2.16. The van der Waals surface area contributed by atoms with E-state index in [0.717, 1.165) is 32.0 Å². The molecule has 0 saturated heterocycles. The van der Waals surface area contributed by atoms with Gasteiger partial charge in [-0.15, -0.1) is 0 Å². The van der Waals surface area contributed by atoms with Crippen LogP contribution in [-0.4, -0.2) is 42.1 Å². The Bertz CT molecular complexity index is 204. The fourth-order valence-corrected chi connectivity index (χ4v) is 2.54. The first-order valence-electron chi connectivity index (χ1n) is 6.42. The third-order valence-electron chi connectivity index (χ3n) is 3.12. The molecule has 0 saturated carbocycles. The van der Waals surface area contributed by atoms with Crippen molar-refractivity contribution in [2.24, 2.45) is 5.92 Å². The summed E-state index contributed by atoms with van der Waals surface area (Å²) in [5.41, 5.74) is 0. The van der Waals surface area contributed by atoms with Gasteiger partial charge in [0.1, 0.15) is 25.3 Å². The van der Waals surface area contributed by atoms with Crippen LogP contribution in [0.2, 0.25) is 0 Å². The van der Waals surface area contributed by atoms with Crippen LogP contribution in [0.1, 0.15) is 33.1 Å². The van der Waals surface area contributed by atoms with E-state index in [2.05, 4.69) is 12.2 Å². The lowest BCUT2D eigenvalue weighted by molar-refractivity contribution is -0.909. The van der Waals surface area contributed by atoms with Crippen LogP contribution in [0.3, 0.4) is 0 Å². The lowest BCUT2D eigenvalue weighted by atomic mass is 9.94. The maximum atomic E-state index is 9.45. The van der Waals surface area contributed by atoms with E-state index in [4.69, 9.17) is 0 Å². The highest BCUT2D eigenvalue weighted by Crippen LogP contribution is 2.15. The van der Waals surface area contributed by atoms with Crippen molar-refractivity contribution < 1.29 is 15.1 Å². The predicted octanol–water partition coefficient (Wildman–Crippen LogP) is -0.0108. The van der Waals surface area contributed by atoms with E-state index in [1.807, 2.05) is 13.8 Å². The Hall–Kier alpha value is -0.380. The summed E-state index contributed by atoms with van der Waals surface area (Å²) >= 11 is 0. The summed E-state index contributed by atoms with van der Waals surface area (Å²) in [6.45, 7) is 6.20. The number of hydrogen-bond acceptors (Lipinski definition) is 2. The van der Waals surface area contributed by atoms with Gasteiger partial charge in [-0.3, -0.25) is 0 Å². The van der Waals surface area contributed by atoms with Crippen molar-refractivity contribution >= 4 is 0 Å². The second-order valence-corrected chi connectivity index (χ2v) is 5.21. The first-order chi connectivity index (χ1) is 7.58. The maximum Gasteiger partial charge on any atom is 0.103 e. The van der Waals surface area contributed by atoms with Crippen molar-refractivity contribution in [1.82, 2.24) is 0 Å². The topological polar surface area (TPSA) is 44.9 Å². The molecular formula is C13H26NO2+. The van der Waals surface area contributed by atoms with Crippen molar-refractivity contribution in [2.45, 2.75) is 45.3 Å². The maximum absolute atomic E-state index is 9.45. The number of nitrogens with one attached hydrogen (secondary N) is 1. The Kier molecular flexibility index (Phi) is 6.03. The van der Waals surface area contributed by atoms with Gasteiger partial charge in [0.15, 0.2) is 0 Å². The van der Waals surface area contributed by atoms with Crippen molar-refractivity contribution in [3.8, 4) is 0 Å². The zero-order valence-corrected chi connectivity index (χ0v) is 10.5. The van der Waals surface area contributed by atoms with Crippen molar-refractivity contribution in [3.63, 3.8) is 0 Å². The minimum atomic E-state index is -0.284. The van der Waals surface area contributed by atoms with Crippen molar-refractivity contribution in [1.29, 1.82) is 0 Å². The lowest BCUT2D eigenvalue weighted by Gasteiger charge is -2.27. The van der Waals surface area contributed by atoms with E-state index in [-0.39, 0.29) is 12.2 Å². The van der Waals surface area contributed by atoms with E-state index in [1.54, 1.807) is 0 Å². The summed E-state index contributed by atoms with van der Waals surface area (Å²) < 4.78 is 0. The minimum absolute atomic E-state index is 0.284. The highest BCUT2D eigenvalue weighted by Gasteiger charge is 2.20. The SMILES string of the molecule is C[C@H](O)C[NH+](C[C@H]1CC=CCC1)C[C@H](C)O. The van der Waals surface area contributed by atoms with Gasteiger partial charge in [-0.25, -0.2) is 0 Å². The summed E-state index contributed by atoms with van der Waals surface area (Å²) in [4.78, 5) is 1.32. The first-order valence-corrected chi connectivity index (χ1v) is 6.42. The number of allylic oxidation sites excluding steroid dienone is 2. The van der Waals surface area contributed by atoms with Crippen LogP contribution < -0.4 is 4.90 Å². The number of aliphatic hydroxyl groups excluding tert-OH is 2. The van der Waals surface area contributed by atoms with Gasteiger partial charge in [0.2, 0.25) is 0 Å². The monoisotopic (exact) mass is 228 g/mol. The van der Waals surface area contributed by atoms with Gasteiger partial charge in [0, 0.05) is 5.92 Å². The molecule has 1 aliphatic rings. The molecule has 0 aliphatic heterocycles. The van der Waals surface area contributed by atoms with Gasteiger partial charge in [-0.05, 0) is 33.1 Å². The highest BCUT2D eigenvalue weighted by atomic mass is 16.3. The molecule has 94 valence electrons. The molecule has 0 spiro atoms. The van der Waals surface area contributed by atoms with Crippen LogP contribution in [0, 0.1) is 5.92 Å². The minimum Gasteiger partial charge on any atom is -0.388 e. The number of quaternary nitrogens is 1. The molecule has 0 aromatic heterocycles. The average molecular weight is 228 g/mol. The van der Waals surface area contributed by atoms with Crippen molar-refractivity contribution in [2.75, 3.05) is 19.6 Å². The quantitative estimate of drug-likeness (QED) is 0.560. The smallest absolute Gasteiger partial charge is 0.103 e. The Morgan fingerprint density at radius 2 is 1.81 bits per heavy atom. The Morgan fingerprint density at radius 3 is 2.25 bits per heavy atom. The zero-order valence-electron chi connectivity index (χ0n) is 10.5. The molecule has 16 heavy (non-hydrogen) atoms. The lowest BCUT2D eigenvalue weighted by Crippen LogP contribution is -3.14. The van der Waals surface area contributed by atoms with E-state index < -0.39 is 0 Å². The van der Waals surface area contributed by atoms with Crippen LogP contribution >= 0.6 is 0 Å². The molecule has 0 fully saturated rings. The van der Waals surface area contributed by atoms with Crippen LogP contribution in [0.15, 0.2) is 12.2 Å². The van der Waals surface area contributed by atoms with Crippen LogP contribution in [0.25, 0.3) is 0 Å². The third kappa shape index (κ3) is 5.64. The Balaban J connectivity index is 2.38. The molecule has 0 radical (unpaired) electrons. The van der Waals surface area contributed by atoms with Gasteiger partial charge < -0.3 is 15.1 Å². The molecule has 3 atom stereocenters. The van der Waals surface area contributed by atoms with E-state index >= 15 is 0 Å². The molecule has 0 amide bonds. The van der Waals surface area contributed by atoms with Crippen LogP contribution in [0.4, 0.5) is 0 Å². The third-order valence-corrected chi connectivity index (χ3v) is 3.12. The van der Waals surface area contributed by atoms with E-state index in [0.29, 0.717) is 0 Å². The molecule has 0 aromatic rings. The molecule has 1 rings (SSSR count). The van der Waals surface area contributed by atoms with Gasteiger partial charge in [-0.2, -0.15) is 0 Å². The summed E-state index contributed by atoms with van der Waals surface area (Å²) in [5.74, 6) is 0.720. The van der Waals surface area contributed by atoms with Crippen molar-refractivity contribution in [3.05, 3.63) is 12.2 Å². The van der Waals surface area contributed by atoms with Crippen LogP contribution in [-0.2, 0) is 0 Å². The number of hydrogen-bond donors (Lipinski definition) is 3. The zero-order chi connectivity index (χ0) is 12.0. The fraction of sp³-hybridized carbons (Fsp3) is 0.846. The largest absolute Gasteiger partial charge is 0.388 e. The highest BCUT2D eigenvalue weighted by molar-refractivity contribution is 4.89. The van der Waals surface area contributed by atoms with Gasteiger partial charge in [0.25, 0.3) is 0 Å². The summed E-state index contributed by atoms with van der Waals surface area (Å²) in [6.07, 6.45) is 7.53. The Morgan fingerprint density at radius 1 is 1.19 bits per heavy atom. The molecule has 1 aliphatic carbocycles. The Labute approximate surface area is 98.8 Å². The van der Waals surface area contributed by atoms with Gasteiger partial charge >= 0.3 is 0 Å². The second-order valence-electron chi connectivity index (χ2n) is 5.21. The normalized spacial score (nSPS) is 24.7. The first kappa shape index (κ1) is 13.7. The predicted molar refractivity (Wildman–Crippen MR) is 65.4 cm³/mol. The number of aliphatic hydroxyl groups is 2. The van der Waals surface area contributed by atoms with Gasteiger partial charge in [0.05, 0.1) is 6.54 Å². The molecule has 0 unspecified atom stereocenters. The summed E-state index contributed by atoms with van der Waals surface area (Å²) in [6, 6.07) is 0. The second kappa shape index (κ2) is 7.05. The molecule has 0 bridgehead atoms. The summed E-state index contributed by atoms with van der Waals surface area (Å²) in [7, 11) is 0.